The minimum absolute atomic E-state index is 0.371. The molecule has 0 unspecified atom stereocenters. The van der Waals surface area contributed by atoms with Crippen molar-refractivity contribution in [3.05, 3.63) is 58.9 Å². The zero-order chi connectivity index (χ0) is 18.7. The average molecular weight is 372 g/mol. The van der Waals surface area contributed by atoms with Gasteiger partial charge in [-0.1, -0.05) is 17.7 Å². The number of urea groups is 1. The summed E-state index contributed by atoms with van der Waals surface area (Å²) in [5, 5.41) is 10.4. The van der Waals surface area contributed by atoms with Crippen LogP contribution in [-0.4, -0.2) is 30.8 Å². The lowest BCUT2D eigenvalue weighted by molar-refractivity contribution is 0.248. The number of nitrogens with one attached hydrogen (secondary N) is 2. The molecule has 0 saturated heterocycles. The molecule has 0 radical (unpaired) electrons. The maximum Gasteiger partial charge on any atom is 0.319 e. The largest absolute Gasteiger partial charge is 0.328 e. The predicted octanol–water partition coefficient (Wildman–Crippen LogP) is 3.21. The number of hydrogen-bond donors (Lipinski definition) is 2. The van der Waals surface area contributed by atoms with Gasteiger partial charge in [-0.2, -0.15) is 9.78 Å². The predicted molar refractivity (Wildman–Crippen MR) is 98.4 cm³/mol. The molecule has 2 amide bonds. The van der Waals surface area contributed by atoms with Crippen molar-refractivity contribution in [3.8, 4) is 5.95 Å². The van der Waals surface area contributed by atoms with Gasteiger partial charge in [0, 0.05) is 23.1 Å². The van der Waals surface area contributed by atoms with E-state index < -0.39 is 6.04 Å². The van der Waals surface area contributed by atoms with Crippen LogP contribution in [0.1, 0.15) is 29.9 Å². The SMILES string of the molecule is Cc1cc(C)c(NC(=O)N[C@@H](C)c2ncnn2-c2ncccn2)cc1Cl. The number of amides is 2. The Morgan fingerprint density at radius 2 is 1.88 bits per heavy atom. The minimum Gasteiger partial charge on any atom is -0.328 e. The highest BCUT2D eigenvalue weighted by molar-refractivity contribution is 6.31. The smallest absolute Gasteiger partial charge is 0.319 e. The summed E-state index contributed by atoms with van der Waals surface area (Å²) in [6.07, 6.45) is 4.62. The number of aromatic nitrogens is 5. The number of carbonyl (C=O) groups is 1. The molecule has 1 atom stereocenters. The van der Waals surface area contributed by atoms with Gasteiger partial charge in [-0.25, -0.2) is 19.7 Å². The van der Waals surface area contributed by atoms with E-state index in [4.69, 9.17) is 11.6 Å². The number of nitrogens with zero attached hydrogens (tertiary/aromatic N) is 5. The van der Waals surface area contributed by atoms with Gasteiger partial charge in [0.2, 0.25) is 0 Å². The van der Waals surface area contributed by atoms with Crippen LogP contribution in [0, 0.1) is 13.8 Å². The monoisotopic (exact) mass is 371 g/mol. The molecule has 0 aliphatic heterocycles. The van der Waals surface area contributed by atoms with Gasteiger partial charge >= 0.3 is 6.03 Å². The fourth-order valence-corrected chi connectivity index (χ4v) is 2.64. The Morgan fingerprint density at radius 1 is 1.15 bits per heavy atom. The number of hydrogen-bond acceptors (Lipinski definition) is 5. The van der Waals surface area contributed by atoms with Crippen molar-refractivity contribution in [1.29, 1.82) is 0 Å². The summed E-state index contributed by atoms with van der Waals surface area (Å²) < 4.78 is 1.49. The summed E-state index contributed by atoms with van der Waals surface area (Å²) in [6, 6.07) is 4.58. The summed E-state index contributed by atoms with van der Waals surface area (Å²) in [6.45, 7) is 5.63. The van der Waals surface area contributed by atoms with Gasteiger partial charge in [0.1, 0.15) is 6.33 Å². The molecule has 2 aromatic heterocycles. The number of benzene rings is 1. The third kappa shape index (κ3) is 3.80. The highest BCUT2D eigenvalue weighted by atomic mass is 35.5. The molecule has 134 valence electrons. The van der Waals surface area contributed by atoms with E-state index in [-0.39, 0.29) is 6.03 Å². The molecule has 0 aliphatic carbocycles. The van der Waals surface area contributed by atoms with Crippen molar-refractivity contribution in [3.63, 3.8) is 0 Å². The minimum atomic E-state index is -0.414. The van der Waals surface area contributed by atoms with E-state index in [2.05, 4.69) is 30.7 Å². The Labute approximate surface area is 155 Å². The van der Waals surface area contributed by atoms with Crippen LogP contribution in [0.4, 0.5) is 10.5 Å². The van der Waals surface area contributed by atoms with E-state index in [0.29, 0.717) is 22.5 Å². The molecule has 8 nitrogen and oxygen atoms in total. The fraction of sp³-hybridized carbons (Fsp3) is 0.235. The topological polar surface area (TPSA) is 97.6 Å². The van der Waals surface area contributed by atoms with Gasteiger partial charge in [0.25, 0.3) is 5.95 Å². The fourth-order valence-electron chi connectivity index (χ4n) is 2.48. The van der Waals surface area contributed by atoms with E-state index >= 15 is 0 Å². The molecule has 2 N–H and O–H groups in total. The first-order valence-corrected chi connectivity index (χ1v) is 8.35. The van der Waals surface area contributed by atoms with Gasteiger partial charge in [-0.15, -0.1) is 0 Å². The van der Waals surface area contributed by atoms with Crippen LogP contribution in [0.15, 0.2) is 36.9 Å². The molecular weight excluding hydrogens is 354 g/mol. The normalized spacial score (nSPS) is 11.8. The summed E-state index contributed by atoms with van der Waals surface area (Å²) in [7, 11) is 0. The first-order valence-electron chi connectivity index (χ1n) is 7.97. The lowest BCUT2D eigenvalue weighted by Crippen LogP contribution is -2.33. The number of rotatable bonds is 4. The summed E-state index contributed by atoms with van der Waals surface area (Å²) in [4.78, 5) is 24.9. The van der Waals surface area contributed by atoms with Crippen LogP contribution in [0.3, 0.4) is 0 Å². The van der Waals surface area contributed by atoms with Crippen LogP contribution < -0.4 is 10.6 Å². The summed E-state index contributed by atoms with van der Waals surface area (Å²) >= 11 is 6.14. The van der Waals surface area contributed by atoms with E-state index in [1.165, 1.54) is 11.0 Å². The number of halogens is 1. The van der Waals surface area contributed by atoms with E-state index in [1.54, 1.807) is 31.5 Å². The van der Waals surface area contributed by atoms with Crippen molar-refractivity contribution in [2.45, 2.75) is 26.8 Å². The number of anilines is 1. The van der Waals surface area contributed by atoms with Gasteiger partial charge < -0.3 is 10.6 Å². The quantitative estimate of drug-likeness (QED) is 0.733. The standard InChI is InChI=1S/C17H18ClN7O/c1-10-7-11(2)14(8-13(10)18)24-17(26)23-12(3)15-21-9-22-25(15)16-19-5-4-6-20-16/h4-9,12H,1-3H3,(H2,23,24,26)/t12-/m0/s1. The van der Waals surface area contributed by atoms with Crippen LogP contribution in [-0.2, 0) is 0 Å². The van der Waals surface area contributed by atoms with Crippen LogP contribution in [0.5, 0.6) is 0 Å². The highest BCUT2D eigenvalue weighted by Crippen LogP contribution is 2.24. The zero-order valence-electron chi connectivity index (χ0n) is 14.6. The Balaban J connectivity index is 1.73. The second-order valence-electron chi connectivity index (χ2n) is 5.82. The van der Waals surface area contributed by atoms with Gasteiger partial charge in [0.15, 0.2) is 5.82 Å². The Bertz CT molecular complexity index is 926. The Hall–Kier alpha value is -3.00. The first-order chi connectivity index (χ1) is 12.5. The molecule has 26 heavy (non-hydrogen) atoms. The lowest BCUT2D eigenvalue weighted by atomic mass is 10.1. The van der Waals surface area contributed by atoms with Crippen LogP contribution >= 0.6 is 11.6 Å². The molecule has 0 spiro atoms. The van der Waals surface area contributed by atoms with Crippen LogP contribution in [0.25, 0.3) is 5.95 Å². The number of aryl methyl sites for hydroxylation is 2. The van der Waals surface area contributed by atoms with E-state index in [1.807, 2.05) is 19.9 Å². The van der Waals surface area contributed by atoms with Crippen molar-refractivity contribution in [2.24, 2.45) is 0 Å². The van der Waals surface area contributed by atoms with Crippen LogP contribution in [0.2, 0.25) is 5.02 Å². The third-order valence-corrected chi connectivity index (χ3v) is 4.21. The van der Waals surface area contributed by atoms with Crippen molar-refractivity contribution in [2.75, 3.05) is 5.32 Å². The summed E-state index contributed by atoms with van der Waals surface area (Å²) in [5.74, 6) is 0.903. The molecule has 3 rings (SSSR count). The summed E-state index contributed by atoms with van der Waals surface area (Å²) in [5.41, 5.74) is 2.54. The molecular formula is C17H18ClN7O. The van der Waals surface area contributed by atoms with Crippen molar-refractivity contribution in [1.82, 2.24) is 30.0 Å². The molecule has 0 fully saturated rings. The first kappa shape index (κ1) is 17.8. The maximum atomic E-state index is 12.4. The molecule has 0 aliphatic rings. The molecule has 1 aromatic carbocycles. The number of carbonyl (C=O) groups excluding carboxylic acids is 1. The maximum absolute atomic E-state index is 12.4. The van der Waals surface area contributed by atoms with Crippen molar-refractivity contribution >= 4 is 23.3 Å². The third-order valence-electron chi connectivity index (χ3n) is 3.80. The molecule has 2 heterocycles. The van der Waals surface area contributed by atoms with Gasteiger partial charge in [0.05, 0.1) is 6.04 Å². The lowest BCUT2D eigenvalue weighted by Gasteiger charge is -2.16. The van der Waals surface area contributed by atoms with E-state index in [0.717, 1.165) is 11.1 Å². The molecule has 3 aromatic rings. The van der Waals surface area contributed by atoms with Crippen molar-refractivity contribution < 1.29 is 4.79 Å². The zero-order valence-corrected chi connectivity index (χ0v) is 15.3. The second kappa shape index (κ2) is 7.49. The van der Waals surface area contributed by atoms with E-state index in [9.17, 15) is 4.79 Å². The highest BCUT2D eigenvalue weighted by Gasteiger charge is 2.18. The Morgan fingerprint density at radius 3 is 2.62 bits per heavy atom. The van der Waals surface area contributed by atoms with Gasteiger partial charge in [-0.05, 0) is 44.0 Å². The average Bonchev–Trinajstić information content (AvgIpc) is 3.10. The molecule has 0 bridgehead atoms. The Kier molecular flexibility index (Phi) is 5.13. The van der Waals surface area contributed by atoms with Gasteiger partial charge in [-0.3, -0.25) is 0 Å². The molecule has 0 saturated carbocycles. The second-order valence-corrected chi connectivity index (χ2v) is 6.22. The molecule has 9 heteroatoms.